The molecule has 3 rings (SSSR count). The Morgan fingerprint density at radius 2 is 1.88 bits per heavy atom. The number of nitrogens with zero attached hydrogens (tertiary/aromatic N) is 2. The molecule has 5 nitrogen and oxygen atoms in total. The lowest BCUT2D eigenvalue weighted by atomic mass is 10.1. The zero-order valence-corrected chi connectivity index (χ0v) is 15.0. The first-order valence-electron chi connectivity index (χ1n) is 7.95. The molecular weight excluding hydrogens is 346 g/mol. The highest BCUT2D eigenvalue weighted by molar-refractivity contribution is 7.89. The summed E-state index contributed by atoms with van der Waals surface area (Å²) in [6.45, 7) is 3.16. The summed E-state index contributed by atoms with van der Waals surface area (Å²) in [7, 11) is -3.42. The summed E-state index contributed by atoms with van der Waals surface area (Å²) in [4.78, 5) is 4.49. The molecular formula is C17H20ClN3O2S. The minimum Gasteiger partial charge on any atom is -0.363 e. The standard InChI is InChI=1S/C17H20ClN3O2S/c1-13(15-6-2-3-7-16(15)18)20-17-9-8-14(12-19-17)24(22,23)21-10-4-5-11-21/h2-3,6-9,12-13H,4-5,10-11H2,1H3,(H,19,20)/t13-/m1/s1. The SMILES string of the molecule is C[C@@H](Nc1ccc(S(=O)(=O)N2CCCC2)cn1)c1ccccc1Cl. The lowest BCUT2D eigenvalue weighted by Crippen LogP contribution is -2.27. The molecule has 1 aliphatic heterocycles. The van der Waals surface area contributed by atoms with Crippen LogP contribution < -0.4 is 5.32 Å². The van der Waals surface area contributed by atoms with E-state index in [2.05, 4.69) is 10.3 Å². The van der Waals surface area contributed by atoms with Gasteiger partial charge in [0.2, 0.25) is 10.0 Å². The first-order valence-corrected chi connectivity index (χ1v) is 9.77. The molecule has 0 spiro atoms. The van der Waals surface area contributed by atoms with Crippen molar-refractivity contribution < 1.29 is 8.42 Å². The third-order valence-electron chi connectivity index (χ3n) is 4.18. The van der Waals surface area contributed by atoms with Gasteiger partial charge in [0.15, 0.2) is 0 Å². The van der Waals surface area contributed by atoms with Crippen LogP contribution in [0.4, 0.5) is 5.82 Å². The highest BCUT2D eigenvalue weighted by Crippen LogP contribution is 2.26. The molecule has 2 heterocycles. The molecule has 0 bridgehead atoms. The number of aromatic nitrogens is 1. The predicted octanol–water partition coefficient (Wildman–Crippen LogP) is 3.69. The van der Waals surface area contributed by atoms with Crippen molar-refractivity contribution in [1.29, 1.82) is 0 Å². The van der Waals surface area contributed by atoms with Gasteiger partial charge in [-0.25, -0.2) is 13.4 Å². The summed E-state index contributed by atoms with van der Waals surface area (Å²) < 4.78 is 26.5. The average Bonchev–Trinajstić information content (AvgIpc) is 3.11. The van der Waals surface area contributed by atoms with Gasteiger partial charge in [-0.1, -0.05) is 29.8 Å². The average molecular weight is 366 g/mol. The second-order valence-corrected chi connectivity index (χ2v) is 8.22. The number of nitrogens with one attached hydrogen (secondary N) is 1. The maximum absolute atomic E-state index is 12.5. The zero-order valence-electron chi connectivity index (χ0n) is 13.4. The maximum atomic E-state index is 12.5. The topological polar surface area (TPSA) is 62.3 Å². The Hall–Kier alpha value is -1.63. The van der Waals surface area contributed by atoms with E-state index in [1.165, 1.54) is 10.5 Å². The molecule has 7 heteroatoms. The Morgan fingerprint density at radius 3 is 2.50 bits per heavy atom. The Kier molecular flexibility index (Phi) is 5.08. The second-order valence-electron chi connectivity index (χ2n) is 5.88. The van der Waals surface area contributed by atoms with E-state index < -0.39 is 10.0 Å². The van der Waals surface area contributed by atoms with Gasteiger partial charge in [0.05, 0.1) is 6.04 Å². The molecule has 0 radical (unpaired) electrons. The Morgan fingerprint density at radius 1 is 1.17 bits per heavy atom. The van der Waals surface area contributed by atoms with Crippen LogP contribution in [0.15, 0.2) is 47.5 Å². The maximum Gasteiger partial charge on any atom is 0.244 e. The van der Waals surface area contributed by atoms with Gasteiger partial charge in [-0.15, -0.1) is 0 Å². The van der Waals surface area contributed by atoms with Gasteiger partial charge < -0.3 is 5.32 Å². The molecule has 1 atom stereocenters. The lowest BCUT2D eigenvalue weighted by Gasteiger charge is -2.18. The number of halogens is 1. The molecule has 1 saturated heterocycles. The van der Waals surface area contributed by atoms with Gasteiger partial charge in [-0.05, 0) is 43.5 Å². The van der Waals surface area contributed by atoms with Crippen molar-refractivity contribution >= 4 is 27.4 Å². The molecule has 1 aromatic carbocycles. The van der Waals surface area contributed by atoms with Crippen LogP contribution in [-0.4, -0.2) is 30.8 Å². The highest BCUT2D eigenvalue weighted by Gasteiger charge is 2.27. The zero-order chi connectivity index (χ0) is 17.2. The molecule has 0 unspecified atom stereocenters. The van der Waals surface area contributed by atoms with Crippen molar-refractivity contribution in [1.82, 2.24) is 9.29 Å². The number of rotatable bonds is 5. The van der Waals surface area contributed by atoms with Gasteiger partial charge in [0.25, 0.3) is 0 Å². The van der Waals surface area contributed by atoms with Gasteiger partial charge in [0, 0.05) is 24.3 Å². The van der Waals surface area contributed by atoms with Crippen LogP contribution in [0.2, 0.25) is 5.02 Å². The van der Waals surface area contributed by atoms with Crippen molar-refractivity contribution in [2.24, 2.45) is 0 Å². The van der Waals surface area contributed by atoms with E-state index in [0.717, 1.165) is 18.4 Å². The van der Waals surface area contributed by atoms with Crippen LogP contribution in [0.3, 0.4) is 0 Å². The monoisotopic (exact) mass is 365 g/mol. The molecule has 2 aromatic rings. The van der Waals surface area contributed by atoms with E-state index >= 15 is 0 Å². The number of hydrogen-bond donors (Lipinski definition) is 1. The van der Waals surface area contributed by atoms with Crippen molar-refractivity contribution in [2.75, 3.05) is 18.4 Å². The number of benzene rings is 1. The molecule has 1 N–H and O–H groups in total. The fraction of sp³-hybridized carbons (Fsp3) is 0.353. The third kappa shape index (κ3) is 3.55. The minimum absolute atomic E-state index is 0.0350. The first-order chi connectivity index (χ1) is 11.5. The van der Waals surface area contributed by atoms with Gasteiger partial charge in [0.1, 0.15) is 10.7 Å². The molecule has 24 heavy (non-hydrogen) atoms. The Bertz CT molecular complexity index is 803. The van der Waals surface area contributed by atoms with E-state index in [-0.39, 0.29) is 10.9 Å². The number of sulfonamides is 1. The Labute approximate surface area is 147 Å². The molecule has 1 fully saturated rings. The normalized spacial score (nSPS) is 16.9. The summed E-state index contributed by atoms with van der Waals surface area (Å²) in [5.74, 6) is 0.614. The van der Waals surface area contributed by atoms with Crippen molar-refractivity contribution in [3.05, 3.63) is 53.2 Å². The summed E-state index contributed by atoms with van der Waals surface area (Å²) >= 11 is 6.20. The molecule has 128 valence electrons. The van der Waals surface area contributed by atoms with E-state index in [1.54, 1.807) is 12.1 Å². The molecule has 1 aliphatic rings. The fourth-order valence-corrected chi connectivity index (χ4v) is 4.58. The summed E-state index contributed by atoms with van der Waals surface area (Å²) in [5.41, 5.74) is 0.967. The smallest absolute Gasteiger partial charge is 0.244 e. The van der Waals surface area contributed by atoms with E-state index in [1.807, 2.05) is 31.2 Å². The van der Waals surface area contributed by atoms with Gasteiger partial charge >= 0.3 is 0 Å². The highest BCUT2D eigenvalue weighted by atomic mass is 35.5. The van der Waals surface area contributed by atoms with Crippen LogP contribution in [0.5, 0.6) is 0 Å². The molecule has 0 saturated carbocycles. The van der Waals surface area contributed by atoms with Gasteiger partial charge in [-0.3, -0.25) is 0 Å². The van der Waals surface area contributed by atoms with Crippen LogP contribution in [0, 0.1) is 0 Å². The first kappa shape index (κ1) is 17.2. The van der Waals surface area contributed by atoms with Crippen LogP contribution >= 0.6 is 11.6 Å². The van der Waals surface area contributed by atoms with Crippen LogP contribution in [0.25, 0.3) is 0 Å². The van der Waals surface area contributed by atoms with Crippen molar-refractivity contribution in [3.8, 4) is 0 Å². The van der Waals surface area contributed by atoms with E-state index in [0.29, 0.717) is 23.9 Å². The third-order valence-corrected chi connectivity index (χ3v) is 6.40. The van der Waals surface area contributed by atoms with Crippen molar-refractivity contribution in [2.45, 2.75) is 30.7 Å². The molecule has 1 aromatic heterocycles. The fourth-order valence-electron chi connectivity index (χ4n) is 2.82. The Balaban J connectivity index is 1.74. The minimum atomic E-state index is -3.42. The summed E-state index contributed by atoms with van der Waals surface area (Å²) in [6, 6.07) is 10.9. The lowest BCUT2D eigenvalue weighted by molar-refractivity contribution is 0.477. The quantitative estimate of drug-likeness (QED) is 0.877. The largest absolute Gasteiger partial charge is 0.363 e. The summed E-state index contributed by atoms with van der Waals surface area (Å²) in [5, 5.41) is 3.93. The van der Waals surface area contributed by atoms with Crippen LogP contribution in [0.1, 0.15) is 31.4 Å². The number of hydrogen-bond acceptors (Lipinski definition) is 4. The van der Waals surface area contributed by atoms with Crippen molar-refractivity contribution in [3.63, 3.8) is 0 Å². The predicted molar refractivity (Wildman–Crippen MR) is 95.7 cm³/mol. The molecule has 0 aliphatic carbocycles. The summed E-state index contributed by atoms with van der Waals surface area (Å²) in [6.07, 6.45) is 3.25. The van der Waals surface area contributed by atoms with Gasteiger partial charge in [-0.2, -0.15) is 4.31 Å². The number of anilines is 1. The second kappa shape index (κ2) is 7.09. The van der Waals surface area contributed by atoms with Crippen LogP contribution in [-0.2, 0) is 10.0 Å². The molecule has 0 amide bonds. The number of pyridine rings is 1. The van der Waals surface area contributed by atoms with E-state index in [9.17, 15) is 8.42 Å². The van der Waals surface area contributed by atoms with E-state index in [4.69, 9.17) is 11.6 Å².